The van der Waals surface area contributed by atoms with Crippen LogP contribution < -0.4 is 10.1 Å². The van der Waals surface area contributed by atoms with Gasteiger partial charge < -0.3 is 9.26 Å². The van der Waals surface area contributed by atoms with Gasteiger partial charge >= 0.3 is 0 Å². The lowest BCUT2D eigenvalue weighted by atomic mass is 10.2. The van der Waals surface area contributed by atoms with Crippen molar-refractivity contribution in [3.05, 3.63) is 57.9 Å². The topological polar surface area (TPSA) is 77.2 Å². The number of hydrogen-bond acceptors (Lipinski definition) is 6. The minimum absolute atomic E-state index is 0.193. The fraction of sp³-hybridized carbons (Fsp3) is 0.235. The molecule has 3 rings (SSSR count). The summed E-state index contributed by atoms with van der Waals surface area (Å²) in [4.78, 5) is 17.3. The molecule has 2 heterocycles. The Hall–Kier alpha value is -2.67. The normalized spacial score (nSPS) is 10.6. The largest absolute Gasteiger partial charge is 0.489 e. The molecule has 1 N–H and O–H groups in total. The lowest BCUT2D eigenvalue weighted by Gasteiger charge is -2.07. The molecule has 0 fully saturated rings. The van der Waals surface area contributed by atoms with Crippen LogP contribution in [0.4, 0.5) is 5.13 Å². The van der Waals surface area contributed by atoms with Gasteiger partial charge in [-0.25, -0.2) is 4.98 Å². The molecule has 0 spiro atoms. The molecule has 3 aromatic rings. The van der Waals surface area contributed by atoms with Gasteiger partial charge in [0, 0.05) is 16.6 Å². The molecule has 2 aromatic heterocycles. The van der Waals surface area contributed by atoms with E-state index in [9.17, 15) is 4.79 Å². The zero-order valence-corrected chi connectivity index (χ0v) is 14.4. The van der Waals surface area contributed by atoms with E-state index in [0.717, 1.165) is 21.9 Å². The Kier molecular flexibility index (Phi) is 4.61. The molecule has 0 saturated heterocycles. The molecule has 6 nitrogen and oxygen atoms in total. The Morgan fingerprint density at radius 1 is 1.25 bits per heavy atom. The average molecular weight is 343 g/mol. The van der Waals surface area contributed by atoms with Gasteiger partial charge in [0.05, 0.1) is 11.3 Å². The Balaban J connectivity index is 1.61. The maximum Gasteiger partial charge on any atom is 0.257 e. The van der Waals surface area contributed by atoms with Crippen molar-refractivity contribution in [3.63, 3.8) is 0 Å². The number of aryl methyl sites for hydroxylation is 3. The minimum Gasteiger partial charge on any atom is -0.489 e. The summed E-state index contributed by atoms with van der Waals surface area (Å²) in [5.74, 6) is 1.24. The molecule has 1 aromatic carbocycles. The lowest BCUT2D eigenvalue weighted by molar-refractivity contribution is 0.102. The Morgan fingerprint density at radius 3 is 2.58 bits per heavy atom. The van der Waals surface area contributed by atoms with Crippen molar-refractivity contribution in [3.8, 4) is 5.75 Å². The van der Waals surface area contributed by atoms with Crippen molar-refractivity contribution in [1.29, 1.82) is 0 Å². The SMILES string of the molecule is Cc1cnc(NC(=O)c2ccc(OCc3c(C)noc3C)cc2)s1. The summed E-state index contributed by atoms with van der Waals surface area (Å²) >= 11 is 1.44. The van der Waals surface area contributed by atoms with E-state index in [1.807, 2.05) is 20.8 Å². The first kappa shape index (κ1) is 16.2. The van der Waals surface area contributed by atoms with Crippen LogP contribution in [0.25, 0.3) is 0 Å². The van der Waals surface area contributed by atoms with E-state index >= 15 is 0 Å². The van der Waals surface area contributed by atoms with Crippen LogP contribution in [0.2, 0.25) is 0 Å². The second-order valence-electron chi connectivity index (χ2n) is 5.35. The van der Waals surface area contributed by atoms with Gasteiger partial charge in [-0.1, -0.05) is 5.16 Å². The van der Waals surface area contributed by atoms with E-state index in [4.69, 9.17) is 9.26 Å². The van der Waals surface area contributed by atoms with Gasteiger partial charge in [0.1, 0.15) is 18.1 Å². The van der Waals surface area contributed by atoms with Crippen molar-refractivity contribution in [2.24, 2.45) is 0 Å². The Labute approximate surface area is 143 Å². The first-order valence-electron chi connectivity index (χ1n) is 7.41. The summed E-state index contributed by atoms with van der Waals surface area (Å²) < 4.78 is 10.8. The third-order valence-corrected chi connectivity index (χ3v) is 4.35. The van der Waals surface area contributed by atoms with Crippen LogP contribution in [-0.2, 0) is 6.61 Å². The molecule has 1 amide bonds. The Morgan fingerprint density at radius 2 is 2.00 bits per heavy atom. The van der Waals surface area contributed by atoms with Gasteiger partial charge in [-0.05, 0) is 45.0 Å². The average Bonchev–Trinajstić information content (AvgIpc) is 3.12. The highest BCUT2D eigenvalue weighted by molar-refractivity contribution is 7.15. The third kappa shape index (κ3) is 3.62. The minimum atomic E-state index is -0.193. The fourth-order valence-corrected chi connectivity index (χ4v) is 2.81. The second-order valence-corrected chi connectivity index (χ2v) is 6.58. The standard InChI is InChI=1S/C17H17N3O3S/c1-10-8-18-17(24-10)19-16(21)13-4-6-14(7-5-13)22-9-15-11(2)20-23-12(15)3/h4-8H,9H2,1-3H3,(H,18,19,21). The number of ether oxygens (including phenoxy) is 1. The van der Waals surface area contributed by atoms with Crippen molar-refractivity contribution < 1.29 is 14.1 Å². The molecule has 0 radical (unpaired) electrons. The molecule has 124 valence electrons. The number of thiazole rings is 1. The van der Waals surface area contributed by atoms with Crippen molar-refractivity contribution in [2.45, 2.75) is 27.4 Å². The smallest absolute Gasteiger partial charge is 0.257 e. The van der Waals surface area contributed by atoms with E-state index in [0.29, 0.717) is 23.1 Å². The highest BCUT2D eigenvalue weighted by Gasteiger charge is 2.11. The number of aromatic nitrogens is 2. The number of carbonyl (C=O) groups excluding carboxylic acids is 1. The number of benzene rings is 1. The molecular formula is C17H17N3O3S. The first-order chi connectivity index (χ1) is 11.5. The zero-order valence-electron chi connectivity index (χ0n) is 13.6. The number of carbonyl (C=O) groups is 1. The number of rotatable bonds is 5. The first-order valence-corrected chi connectivity index (χ1v) is 8.23. The number of nitrogens with zero attached hydrogens (tertiary/aromatic N) is 2. The predicted molar refractivity (Wildman–Crippen MR) is 91.6 cm³/mol. The molecule has 0 aliphatic carbocycles. The van der Waals surface area contributed by atoms with Crippen molar-refractivity contribution in [1.82, 2.24) is 10.1 Å². The molecule has 0 atom stereocenters. The quantitative estimate of drug-likeness (QED) is 0.760. The maximum absolute atomic E-state index is 12.2. The van der Waals surface area contributed by atoms with Gasteiger partial charge in [-0.3, -0.25) is 10.1 Å². The molecule has 0 aliphatic rings. The predicted octanol–water partition coefficient (Wildman–Crippen LogP) is 3.89. The third-order valence-electron chi connectivity index (χ3n) is 3.52. The number of nitrogens with one attached hydrogen (secondary N) is 1. The van der Waals surface area contributed by atoms with Crippen molar-refractivity contribution in [2.75, 3.05) is 5.32 Å². The van der Waals surface area contributed by atoms with Gasteiger partial charge in [-0.15, -0.1) is 11.3 Å². The van der Waals surface area contributed by atoms with Gasteiger partial charge in [0.25, 0.3) is 5.91 Å². The monoisotopic (exact) mass is 343 g/mol. The highest BCUT2D eigenvalue weighted by atomic mass is 32.1. The van der Waals surface area contributed by atoms with Gasteiger partial charge in [0.15, 0.2) is 5.13 Å². The maximum atomic E-state index is 12.2. The summed E-state index contributed by atoms with van der Waals surface area (Å²) in [7, 11) is 0. The molecule has 0 unspecified atom stereocenters. The molecule has 0 saturated carbocycles. The van der Waals surface area contributed by atoms with Crippen LogP contribution in [0.5, 0.6) is 5.75 Å². The highest BCUT2D eigenvalue weighted by Crippen LogP contribution is 2.20. The van der Waals surface area contributed by atoms with Crippen LogP contribution in [0, 0.1) is 20.8 Å². The number of anilines is 1. The summed E-state index contributed by atoms with van der Waals surface area (Å²) in [6.45, 7) is 6.05. The molecule has 0 bridgehead atoms. The summed E-state index contributed by atoms with van der Waals surface area (Å²) in [5, 5.41) is 7.26. The van der Waals surface area contributed by atoms with Crippen LogP contribution in [-0.4, -0.2) is 16.0 Å². The Bertz CT molecular complexity index is 833. The van der Waals surface area contributed by atoms with Crippen LogP contribution in [0.1, 0.15) is 32.3 Å². The second kappa shape index (κ2) is 6.84. The van der Waals surface area contributed by atoms with E-state index < -0.39 is 0 Å². The molecule has 7 heteroatoms. The lowest BCUT2D eigenvalue weighted by Crippen LogP contribution is -2.11. The van der Waals surface area contributed by atoms with Crippen LogP contribution in [0.15, 0.2) is 35.0 Å². The zero-order chi connectivity index (χ0) is 17.1. The van der Waals surface area contributed by atoms with Gasteiger partial charge in [-0.2, -0.15) is 0 Å². The molecular weight excluding hydrogens is 326 g/mol. The van der Waals surface area contributed by atoms with Crippen LogP contribution >= 0.6 is 11.3 Å². The van der Waals surface area contributed by atoms with Crippen LogP contribution in [0.3, 0.4) is 0 Å². The van der Waals surface area contributed by atoms with Gasteiger partial charge in [0.2, 0.25) is 0 Å². The number of amides is 1. The van der Waals surface area contributed by atoms with E-state index in [1.165, 1.54) is 11.3 Å². The van der Waals surface area contributed by atoms with E-state index in [1.54, 1.807) is 30.5 Å². The summed E-state index contributed by atoms with van der Waals surface area (Å²) in [5.41, 5.74) is 2.31. The molecule has 0 aliphatic heterocycles. The van der Waals surface area contributed by atoms with Crippen molar-refractivity contribution >= 4 is 22.4 Å². The van der Waals surface area contributed by atoms with E-state index in [2.05, 4.69) is 15.5 Å². The summed E-state index contributed by atoms with van der Waals surface area (Å²) in [6, 6.07) is 6.97. The van der Waals surface area contributed by atoms with E-state index in [-0.39, 0.29) is 5.91 Å². The molecule has 24 heavy (non-hydrogen) atoms. The summed E-state index contributed by atoms with van der Waals surface area (Å²) in [6.07, 6.45) is 1.73. The fourth-order valence-electron chi connectivity index (χ4n) is 2.15. The number of hydrogen-bond donors (Lipinski definition) is 1.